The first-order chi connectivity index (χ1) is 12.0. The summed E-state index contributed by atoms with van der Waals surface area (Å²) in [7, 11) is 2.02. The molecule has 4 rings (SSSR count). The van der Waals surface area contributed by atoms with E-state index in [1.807, 2.05) is 20.0 Å². The molecule has 2 saturated heterocycles. The lowest BCUT2D eigenvalue weighted by Gasteiger charge is -2.28. The van der Waals surface area contributed by atoms with E-state index in [9.17, 15) is 4.39 Å². The second kappa shape index (κ2) is 6.09. The van der Waals surface area contributed by atoms with Gasteiger partial charge in [0.25, 0.3) is 0 Å². The summed E-state index contributed by atoms with van der Waals surface area (Å²) >= 11 is 0. The van der Waals surface area contributed by atoms with E-state index in [2.05, 4.69) is 26.6 Å². The third-order valence-electron chi connectivity index (χ3n) is 5.64. The SMILES string of the molecule is Cc1cc(F)ccc1C1CCCN1c1nnc(C2(C)CCCO2)n1C. The fourth-order valence-electron chi connectivity index (χ4n) is 4.33. The molecule has 0 saturated carbocycles. The van der Waals surface area contributed by atoms with Gasteiger partial charge in [0.05, 0.1) is 6.04 Å². The van der Waals surface area contributed by atoms with Crippen molar-refractivity contribution in [1.29, 1.82) is 0 Å². The first-order valence-electron chi connectivity index (χ1n) is 9.06. The number of nitrogens with zero attached hydrogens (tertiary/aromatic N) is 4. The van der Waals surface area contributed by atoms with Crippen molar-refractivity contribution in [3.63, 3.8) is 0 Å². The molecular weight excluding hydrogens is 319 g/mol. The second-order valence-corrected chi connectivity index (χ2v) is 7.42. The van der Waals surface area contributed by atoms with Crippen molar-refractivity contribution in [1.82, 2.24) is 14.8 Å². The highest BCUT2D eigenvalue weighted by atomic mass is 19.1. The smallest absolute Gasteiger partial charge is 0.227 e. The number of anilines is 1. The lowest BCUT2D eigenvalue weighted by atomic mass is 9.99. The third-order valence-corrected chi connectivity index (χ3v) is 5.64. The zero-order valence-corrected chi connectivity index (χ0v) is 15.1. The van der Waals surface area contributed by atoms with Crippen LogP contribution in [0.3, 0.4) is 0 Å². The lowest BCUT2D eigenvalue weighted by Crippen LogP contribution is -2.28. The molecular formula is C19H25FN4O. The van der Waals surface area contributed by atoms with Crippen molar-refractivity contribution in [2.24, 2.45) is 7.05 Å². The summed E-state index contributed by atoms with van der Waals surface area (Å²) in [6.45, 7) is 5.79. The maximum absolute atomic E-state index is 13.5. The van der Waals surface area contributed by atoms with Gasteiger partial charge >= 0.3 is 0 Å². The van der Waals surface area contributed by atoms with E-state index in [-0.39, 0.29) is 17.5 Å². The quantitative estimate of drug-likeness (QED) is 0.853. The highest BCUT2D eigenvalue weighted by molar-refractivity contribution is 5.42. The van der Waals surface area contributed by atoms with Crippen molar-refractivity contribution in [2.45, 2.75) is 51.2 Å². The van der Waals surface area contributed by atoms with Crippen molar-refractivity contribution in [3.05, 3.63) is 41.0 Å². The molecule has 6 heteroatoms. The molecule has 1 aromatic carbocycles. The summed E-state index contributed by atoms with van der Waals surface area (Å²) in [4.78, 5) is 2.30. The molecule has 2 aromatic rings. The van der Waals surface area contributed by atoms with Crippen LogP contribution in [0.1, 0.15) is 55.6 Å². The average Bonchev–Trinajstić information content (AvgIpc) is 3.27. The van der Waals surface area contributed by atoms with Crippen molar-refractivity contribution >= 4 is 5.95 Å². The number of hydrogen-bond acceptors (Lipinski definition) is 4. The van der Waals surface area contributed by atoms with Crippen molar-refractivity contribution in [2.75, 3.05) is 18.1 Å². The minimum Gasteiger partial charge on any atom is -0.367 e. The van der Waals surface area contributed by atoms with Crippen LogP contribution in [0.25, 0.3) is 0 Å². The second-order valence-electron chi connectivity index (χ2n) is 7.42. The standard InChI is InChI=1S/C19H25FN4O/c1-13-12-14(20)7-8-15(13)16-6-4-10-24(16)18-22-21-17(23(18)3)19(2)9-5-11-25-19/h7-8,12,16H,4-6,9-11H2,1-3H3. The number of hydrogen-bond donors (Lipinski definition) is 0. The molecule has 2 fully saturated rings. The molecule has 134 valence electrons. The van der Waals surface area contributed by atoms with E-state index in [1.54, 1.807) is 12.1 Å². The Morgan fingerprint density at radius 1 is 1.28 bits per heavy atom. The lowest BCUT2D eigenvalue weighted by molar-refractivity contribution is 0.00697. The Hall–Kier alpha value is -1.95. The van der Waals surface area contributed by atoms with Gasteiger partial charge in [-0.05, 0) is 62.8 Å². The topological polar surface area (TPSA) is 43.2 Å². The normalized spacial score (nSPS) is 26.6. The van der Waals surface area contributed by atoms with Crippen molar-refractivity contribution in [3.8, 4) is 0 Å². The average molecular weight is 344 g/mol. The molecule has 0 radical (unpaired) electrons. The Balaban J connectivity index is 1.68. The van der Waals surface area contributed by atoms with Gasteiger partial charge in [-0.25, -0.2) is 4.39 Å². The number of aryl methyl sites for hydroxylation is 1. The summed E-state index contributed by atoms with van der Waals surface area (Å²) in [5.74, 6) is 1.58. The maximum Gasteiger partial charge on any atom is 0.227 e. The van der Waals surface area contributed by atoms with Gasteiger partial charge in [-0.3, -0.25) is 4.57 Å². The molecule has 0 aliphatic carbocycles. The number of aromatic nitrogens is 3. The van der Waals surface area contributed by atoms with Crippen LogP contribution in [0.5, 0.6) is 0 Å². The molecule has 0 spiro atoms. The minimum absolute atomic E-state index is 0.182. The first kappa shape index (κ1) is 16.5. The zero-order valence-electron chi connectivity index (χ0n) is 15.1. The number of rotatable bonds is 3. The molecule has 1 aromatic heterocycles. The predicted octanol–water partition coefficient (Wildman–Crippen LogP) is 3.63. The van der Waals surface area contributed by atoms with Crippen molar-refractivity contribution < 1.29 is 9.13 Å². The zero-order chi connectivity index (χ0) is 17.6. The van der Waals surface area contributed by atoms with Gasteiger partial charge in [-0.15, -0.1) is 10.2 Å². The van der Waals surface area contributed by atoms with E-state index < -0.39 is 0 Å². The maximum atomic E-state index is 13.5. The summed E-state index contributed by atoms with van der Waals surface area (Å²) in [5, 5.41) is 8.96. The molecule has 5 nitrogen and oxygen atoms in total. The van der Waals surface area contributed by atoms with Gasteiger partial charge in [0.15, 0.2) is 5.82 Å². The summed E-state index contributed by atoms with van der Waals surface area (Å²) < 4.78 is 21.5. The molecule has 0 bridgehead atoms. The van der Waals surface area contributed by atoms with Crippen LogP contribution in [-0.2, 0) is 17.4 Å². The fourth-order valence-corrected chi connectivity index (χ4v) is 4.33. The monoisotopic (exact) mass is 344 g/mol. The Labute approximate surface area is 147 Å². The molecule has 3 heterocycles. The van der Waals surface area contributed by atoms with Crippen LogP contribution < -0.4 is 4.90 Å². The van der Waals surface area contributed by atoms with Gasteiger partial charge < -0.3 is 9.64 Å². The van der Waals surface area contributed by atoms with Gasteiger partial charge in [-0.1, -0.05) is 6.07 Å². The molecule has 2 aliphatic rings. The van der Waals surface area contributed by atoms with E-state index in [0.717, 1.165) is 56.2 Å². The van der Waals surface area contributed by atoms with Gasteiger partial charge in [0, 0.05) is 20.2 Å². The molecule has 25 heavy (non-hydrogen) atoms. The van der Waals surface area contributed by atoms with Crippen LogP contribution in [0, 0.1) is 12.7 Å². The highest BCUT2D eigenvalue weighted by Crippen LogP contribution is 2.39. The summed E-state index contributed by atoms with van der Waals surface area (Å²) in [5.41, 5.74) is 1.82. The Morgan fingerprint density at radius 2 is 2.12 bits per heavy atom. The van der Waals surface area contributed by atoms with Crippen LogP contribution in [0.15, 0.2) is 18.2 Å². The number of benzene rings is 1. The van der Waals surface area contributed by atoms with Crippen LogP contribution >= 0.6 is 0 Å². The van der Waals surface area contributed by atoms with Gasteiger partial charge in [0.2, 0.25) is 5.95 Å². The van der Waals surface area contributed by atoms with E-state index >= 15 is 0 Å². The minimum atomic E-state index is -0.346. The third kappa shape index (κ3) is 2.72. The number of ether oxygens (including phenoxy) is 1. The van der Waals surface area contributed by atoms with E-state index in [1.165, 1.54) is 5.56 Å². The summed E-state index contributed by atoms with van der Waals surface area (Å²) in [6.07, 6.45) is 4.17. The van der Waals surface area contributed by atoms with E-state index in [0.29, 0.717) is 0 Å². The van der Waals surface area contributed by atoms with Crippen LogP contribution in [-0.4, -0.2) is 27.9 Å². The largest absolute Gasteiger partial charge is 0.367 e. The highest BCUT2D eigenvalue weighted by Gasteiger charge is 2.39. The first-order valence-corrected chi connectivity index (χ1v) is 9.06. The molecule has 2 atom stereocenters. The number of halogens is 1. The van der Waals surface area contributed by atoms with Gasteiger partial charge in [0.1, 0.15) is 11.4 Å². The Bertz CT molecular complexity index is 782. The predicted molar refractivity (Wildman–Crippen MR) is 94.0 cm³/mol. The van der Waals surface area contributed by atoms with Crippen LogP contribution in [0.2, 0.25) is 0 Å². The Kier molecular flexibility index (Phi) is 4.02. The molecule has 0 N–H and O–H groups in total. The van der Waals surface area contributed by atoms with Gasteiger partial charge in [-0.2, -0.15) is 0 Å². The molecule has 2 aliphatic heterocycles. The Morgan fingerprint density at radius 3 is 2.84 bits per heavy atom. The molecule has 0 amide bonds. The fraction of sp³-hybridized carbons (Fsp3) is 0.579. The van der Waals surface area contributed by atoms with E-state index in [4.69, 9.17) is 4.74 Å². The summed E-state index contributed by atoms with van der Waals surface area (Å²) in [6, 6.07) is 5.29. The molecule has 2 unspecified atom stereocenters. The van der Waals surface area contributed by atoms with Crippen LogP contribution in [0.4, 0.5) is 10.3 Å².